The highest BCUT2D eigenvalue weighted by molar-refractivity contribution is 7.89. The third-order valence-corrected chi connectivity index (χ3v) is 3.59. The molecule has 6 nitrogen and oxygen atoms in total. The van der Waals surface area contributed by atoms with Crippen LogP contribution in [0.5, 0.6) is 0 Å². The van der Waals surface area contributed by atoms with E-state index in [1.165, 1.54) is 6.20 Å². The lowest BCUT2D eigenvalue weighted by Crippen LogP contribution is -2.27. The maximum absolute atomic E-state index is 11.8. The Labute approximate surface area is 108 Å². The number of nitrogens with zero attached hydrogens (tertiary/aromatic N) is 2. The summed E-state index contributed by atoms with van der Waals surface area (Å²) in [6.45, 7) is 2.96. The second kappa shape index (κ2) is 6.95. The van der Waals surface area contributed by atoms with Gasteiger partial charge in [0.25, 0.3) is 10.0 Å². The zero-order chi connectivity index (χ0) is 12.2. The summed E-state index contributed by atoms with van der Waals surface area (Å²) in [6.07, 6.45) is 2.26. The van der Waals surface area contributed by atoms with Crippen LogP contribution >= 0.6 is 12.4 Å². The molecule has 0 fully saturated rings. The molecule has 0 aromatic carbocycles. The third-order valence-electron chi connectivity index (χ3n) is 2.26. The minimum absolute atomic E-state index is 0. The van der Waals surface area contributed by atoms with E-state index in [0.29, 0.717) is 12.4 Å². The number of imidazole rings is 1. The number of aryl methyl sites for hydroxylation is 2. The molecule has 0 aliphatic carbocycles. The summed E-state index contributed by atoms with van der Waals surface area (Å²) in [6, 6.07) is 0. The molecule has 0 amide bonds. The van der Waals surface area contributed by atoms with Crippen molar-refractivity contribution in [3.05, 3.63) is 12.0 Å². The van der Waals surface area contributed by atoms with Crippen molar-refractivity contribution in [2.24, 2.45) is 7.05 Å². The van der Waals surface area contributed by atoms with Gasteiger partial charge in [-0.25, -0.2) is 18.1 Å². The SMILES string of the molecule is CNCCCNS(=O)(=O)c1cn(C)c(C)n1.Cl. The predicted octanol–water partition coefficient (Wildman–Crippen LogP) is 0.0381. The molecule has 1 aromatic heterocycles. The number of rotatable bonds is 6. The molecule has 0 aliphatic heterocycles. The highest BCUT2D eigenvalue weighted by atomic mass is 35.5. The quantitative estimate of drug-likeness (QED) is 0.723. The molecule has 0 saturated heterocycles. The molecule has 17 heavy (non-hydrogen) atoms. The Bertz CT molecular complexity index is 424. The first-order chi connectivity index (χ1) is 7.47. The third kappa shape index (κ3) is 4.63. The van der Waals surface area contributed by atoms with E-state index >= 15 is 0 Å². The van der Waals surface area contributed by atoms with Crippen molar-refractivity contribution >= 4 is 22.4 Å². The lowest BCUT2D eigenvalue weighted by Gasteiger charge is -2.03. The van der Waals surface area contributed by atoms with E-state index in [2.05, 4.69) is 15.0 Å². The van der Waals surface area contributed by atoms with Crippen molar-refractivity contribution in [3.8, 4) is 0 Å². The van der Waals surface area contributed by atoms with Crippen LogP contribution in [0.4, 0.5) is 0 Å². The fourth-order valence-corrected chi connectivity index (χ4v) is 2.31. The highest BCUT2D eigenvalue weighted by Gasteiger charge is 2.17. The first kappa shape index (κ1) is 16.4. The molecule has 0 spiro atoms. The number of hydrogen-bond donors (Lipinski definition) is 2. The molecule has 2 N–H and O–H groups in total. The minimum atomic E-state index is -3.45. The van der Waals surface area contributed by atoms with Gasteiger partial charge in [0, 0.05) is 19.8 Å². The molecule has 8 heteroatoms. The molecule has 0 unspecified atom stereocenters. The van der Waals surface area contributed by atoms with Gasteiger partial charge in [-0.1, -0.05) is 0 Å². The zero-order valence-corrected chi connectivity index (χ0v) is 11.9. The fourth-order valence-electron chi connectivity index (χ4n) is 1.20. The summed E-state index contributed by atoms with van der Waals surface area (Å²) in [5, 5.41) is 3.03. The van der Waals surface area contributed by atoms with Crippen LogP contribution in [0.3, 0.4) is 0 Å². The number of sulfonamides is 1. The first-order valence-corrected chi connectivity index (χ1v) is 6.60. The minimum Gasteiger partial charge on any atom is -0.337 e. The second-order valence-electron chi connectivity index (χ2n) is 3.59. The van der Waals surface area contributed by atoms with Crippen molar-refractivity contribution < 1.29 is 8.42 Å². The zero-order valence-electron chi connectivity index (χ0n) is 10.2. The Balaban J connectivity index is 0.00000256. The monoisotopic (exact) mass is 282 g/mol. The smallest absolute Gasteiger partial charge is 0.259 e. The van der Waals surface area contributed by atoms with Crippen LogP contribution in [0.2, 0.25) is 0 Å². The molecule has 100 valence electrons. The summed E-state index contributed by atoms with van der Waals surface area (Å²) < 4.78 is 27.7. The Kier molecular flexibility index (Phi) is 6.69. The van der Waals surface area contributed by atoms with E-state index < -0.39 is 10.0 Å². The van der Waals surface area contributed by atoms with Crippen molar-refractivity contribution in [3.63, 3.8) is 0 Å². The van der Waals surface area contributed by atoms with Gasteiger partial charge in [-0.2, -0.15) is 0 Å². The molecular weight excluding hydrogens is 264 g/mol. The van der Waals surface area contributed by atoms with Crippen molar-refractivity contribution in [1.82, 2.24) is 19.6 Å². The van der Waals surface area contributed by atoms with Crippen LogP contribution in [0.1, 0.15) is 12.2 Å². The topological polar surface area (TPSA) is 76.0 Å². The van der Waals surface area contributed by atoms with Gasteiger partial charge in [-0.15, -0.1) is 12.4 Å². The average molecular weight is 283 g/mol. The van der Waals surface area contributed by atoms with Gasteiger partial charge in [0.2, 0.25) is 0 Å². The maximum atomic E-state index is 11.8. The second-order valence-corrected chi connectivity index (χ2v) is 5.31. The van der Waals surface area contributed by atoms with Gasteiger partial charge >= 0.3 is 0 Å². The normalized spacial score (nSPS) is 11.2. The largest absolute Gasteiger partial charge is 0.337 e. The molecule has 0 radical (unpaired) electrons. The molecule has 1 heterocycles. The Hall–Kier alpha value is -0.630. The average Bonchev–Trinajstić information content (AvgIpc) is 2.55. The Morgan fingerprint density at radius 1 is 1.41 bits per heavy atom. The van der Waals surface area contributed by atoms with Crippen molar-refractivity contribution in [2.45, 2.75) is 18.4 Å². The Morgan fingerprint density at radius 2 is 2.06 bits per heavy atom. The van der Waals surface area contributed by atoms with E-state index in [1.807, 2.05) is 7.05 Å². The molecule has 0 aliphatic rings. The lowest BCUT2D eigenvalue weighted by molar-refractivity contribution is 0.574. The van der Waals surface area contributed by atoms with Crippen molar-refractivity contribution in [2.75, 3.05) is 20.1 Å². The van der Waals surface area contributed by atoms with Crippen LogP contribution in [0.25, 0.3) is 0 Å². The molecule has 1 rings (SSSR count). The van der Waals surface area contributed by atoms with Crippen LogP contribution in [-0.2, 0) is 17.1 Å². The highest BCUT2D eigenvalue weighted by Crippen LogP contribution is 2.06. The first-order valence-electron chi connectivity index (χ1n) is 5.11. The Morgan fingerprint density at radius 3 is 2.53 bits per heavy atom. The summed E-state index contributed by atoms with van der Waals surface area (Å²) in [5.41, 5.74) is 0. The summed E-state index contributed by atoms with van der Waals surface area (Å²) in [4.78, 5) is 3.98. The fraction of sp³-hybridized carbons (Fsp3) is 0.667. The summed E-state index contributed by atoms with van der Waals surface area (Å²) in [7, 11) is 0.144. The summed E-state index contributed by atoms with van der Waals surface area (Å²) >= 11 is 0. The van der Waals surface area contributed by atoms with Gasteiger partial charge in [-0.05, 0) is 26.9 Å². The number of aromatic nitrogens is 2. The van der Waals surface area contributed by atoms with Crippen LogP contribution in [0, 0.1) is 6.92 Å². The van der Waals surface area contributed by atoms with Crippen LogP contribution < -0.4 is 10.0 Å². The van der Waals surface area contributed by atoms with Gasteiger partial charge in [0.05, 0.1) is 0 Å². The number of nitrogens with one attached hydrogen (secondary N) is 2. The summed E-state index contributed by atoms with van der Waals surface area (Å²) in [5.74, 6) is 0.676. The van der Waals surface area contributed by atoms with E-state index in [1.54, 1.807) is 18.5 Å². The molecule has 0 bridgehead atoms. The van der Waals surface area contributed by atoms with Gasteiger partial charge in [0.1, 0.15) is 5.82 Å². The van der Waals surface area contributed by atoms with E-state index in [4.69, 9.17) is 0 Å². The molecular formula is C9H19ClN4O2S. The number of halogens is 1. The van der Waals surface area contributed by atoms with E-state index in [0.717, 1.165) is 13.0 Å². The van der Waals surface area contributed by atoms with E-state index in [-0.39, 0.29) is 17.4 Å². The number of hydrogen-bond acceptors (Lipinski definition) is 4. The molecule has 0 saturated carbocycles. The predicted molar refractivity (Wildman–Crippen MR) is 68.9 cm³/mol. The van der Waals surface area contributed by atoms with Crippen LogP contribution in [0.15, 0.2) is 11.2 Å². The lowest BCUT2D eigenvalue weighted by atomic mass is 10.4. The standard InChI is InChI=1S/C9H18N4O2S.ClH/c1-8-12-9(7-13(8)3)16(14,15)11-6-4-5-10-2;/h7,10-11H,4-6H2,1-3H3;1H. The van der Waals surface area contributed by atoms with Crippen LogP contribution in [-0.4, -0.2) is 38.1 Å². The van der Waals surface area contributed by atoms with Gasteiger partial charge in [0.15, 0.2) is 5.03 Å². The molecule has 1 aromatic rings. The maximum Gasteiger partial charge on any atom is 0.259 e. The molecule has 0 atom stereocenters. The van der Waals surface area contributed by atoms with Gasteiger partial charge < -0.3 is 9.88 Å². The van der Waals surface area contributed by atoms with Gasteiger partial charge in [-0.3, -0.25) is 0 Å². The van der Waals surface area contributed by atoms with Crippen molar-refractivity contribution in [1.29, 1.82) is 0 Å². The van der Waals surface area contributed by atoms with E-state index in [9.17, 15) is 8.42 Å².